The molecule has 0 saturated heterocycles. The Labute approximate surface area is 102 Å². The van der Waals surface area contributed by atoms with E-state index in [9.17, 15) is 5.11 Å². The lowest BCUT2D eigenvalue weighted by atomic mass is 10.1. The van der Waals surface area contributed by atoms with Gasteiger partial charge >= 0.3 is 0 Å². The molecule has 0 aliphatic rings. The van der Waals surface area contributed by atoms with Crippen molar-refractivity contribution in [3.63, 3.8) is 0 Å². The van der Waals surface area contributed by atoms with Crippen molar-refractivity contribution in [2.24, 2.45) is 0 Å². The summed E-state index contributed by atoms with van der Waals surface area (Å²) in [5.41, 5.74) is 1.28. The predicted octanol–water partition coefficient (Wildman–Crippen LogP) is 2.45. The standard InChI is InChI=1S/C13H21NOS/c1-10(12-7-5-4-6-8-12)14-11(2)13(9-15)16-3/h4-8,10-11,13-15H,9H2,1-3H3. The van der Waals surface area contributed by atoms with Gasteiger partial charge in [-0.05, 0) is 25.7 Å². The van der Waals surface area contributed by atoms with E-state index in [1.54, 1.807) is 11.8 Å². The molecular formula is C13H21NOS. The van der Waals surface area contributed by atoms with Crippen LogP contribution in [0.15, 0.2) is 30.3 Å². The summed E-state index contributed by atoms with van der Waals surface area (Å²) in [5.74, 6) is 0. The highest BCUT2D eigenvalue weighted by molar-refractivity contribution is 7.99. The van der Waals surface area contributed by atoms with Crippen LogP contribution < -0.4 is 5.32 Å². The van der Waals surface area contributed by atoms with Gasteiger partial charge in [-0.15, -0.1) is 0 Å². The molecule has 16 heavy (non-hydrogen) atoms. The molecule has 0 heterocycles. The van der Waals surface area contributed by atoms with Gasteiger partial charge in [-0.1, -0.05) is 30.3 Å². The van der Waals surface area contributed by atoms with Gasteiger partial charge in [0.05, 0.1) is 6.61 Å². The van der Waals surface area contributed by atoms with Gasteiger partial charge in [0.15, 0.2) is 0 Å². The molecule has 0 aliphatic carbocycles. The van der Waals surface area contributed by atoms with Crippen LogP contribution in [-0.2, 0) is 0 Å². The highest BCUT2D eigenvalue weighted by atomic mass is 32.2. The average Bonchev–Trinajstić information content (AvgIpc) is 2.31. The zero-order valence-corrected chi connectivity index (χ0v) is 11.0. The summed E-state index contributed by atoms with van der Waals surface area (Å²) in [6.07, 6.45) is 2.03. The van der Waals surface area contributed by atoms with Crippen LogP contribution in [0.2, 0.25) is 0 Å². The number of rotatable bonds is 6. The quantitative estimate of drug-likeness (QED) is 0.800. The number of benzene rings is 1. The summed E-state index contributed by atoms with van der Waals surface area (Å²) in [6, 6.07) is 11.0. The molecule has 2 N–H and O–H groups in total. The maximum Gasteiger partial charge on any atom is 0.0564 e. The van der Waals surface area contributed by atoms with Gasteiger partial charge in [-0.25, -0.2) is 0 Å². The van der Waals surface area contributed by atoms with Crippen LogP contribution in [0.5, 0.6) is 0 Å². The first-order valence-corrected chi connectivity index (χ1v) is 6.92. The Kier molecular flexibility index (Phi) is 5.88. The average molecular weight is 239 g/mol. The lowest BCUT2D eigenvalue weighted by Crippen LogP contribution is -2.38. The van der Waals surface area contributed by atoms with Crippen molar-refractivity contribution in [1.29, 1.82) is 0 Å². The lowest BCUT2D eigenvalue weighted by molar-refractivity contribution is 0.272. The molecule has 0 fully saturated rings. The van der Waals surface area contributed by atoms with Crippen molar-refractivity contribution < 1.29 is 5.11 Å². The molecule has 3 atom stereocenters. The smallest absolute Gasteiger partial charge is 0.0564 e. The molecule has 0 amide bonds. The van der Waals surface area contributed by atoms with E-state index in [2.05, 4.69) is 43.4 Å². The minimum atomic E-state index is 0.219. The van der Waals surface area contributed by atoms with E-state index in [-0.39, 0.29) is 11.9 Å². The fourth-order valence-electron chi connectivity index (χ4n) is 1.78. The first-order valence-electron chi connectivity index (χ1n) is 5.63. The van der Waals surface area contributed by atoms with Crippen LogP contribution in [-0.4, -0.2) is 29.3 Å². The Morgan fingerprint density at radius 1 is 1.25 bits per heavy atom. The molecule has 1 aromatic carbocycles. The van der Waals surface area contributed by atoms with E-state index in [4.69, 9.17) is 0 Å². The summed E-state index contributed by atoms with van der Waals surface area (Å²) in [5, 5.41) is 13.0. The largest absolute Gasteiger partial charge is 0.395 e. The fraction of sp³-hybridized carbons (Fsp3) is 0.538. The second-order valence-electron chi connectivity index (χ2n) is 4.04. The van der Waals surface area contributed by atoms with Crippen LogP contribution in [0.4, 0.5) is 0 Å². The van der Waals surface area contributed by atoms with E-state index in [1.165, 1.54) is 5.56 Å². The molecule has 3 unspecified atom stereocenters. The summed E-state index contributed by atoms with van der Waals surface area (Å²) in [6.45, 7) is 4.49. The Morgan fingerprint density at radius 3 is 2.38 bits per heavy atom. The zero-order chi connectivity index (χ0) is 12.0. The molecule has 2 nitrogen and oxygen atoms in total. The van der Waals surface area contributed by atoms with Gasteiger partial charge in [0.25, 0.3) is 0 Å². The van der Waals surface area contributed by atoms with Crippen molar-refractivity contribution >= 4 is 11.8 Å². The number of hydrogen-bond acceptors (Lipinski definition) is 3. The molecule has 0 spiro atoms. The third-order valence-electron chi connectivity index (χ3n) is 2.85. The molecule has 0 radical (unpaired) electrons. The molecule has 0 saturated carbocycles. The topological polar surface area (TPSA) is 32.3 Å². The van der Waals surface area contributed by atoms with Crippen molar-refractivity contribution in [2.75, 3.05) is 12.9 Å². The van der Waals surface area contributed by atoms with Gasteiger partial charge in [-0.2, -0.15) is 11.8 Å². The van der Waals surface area contributed by atoms with E-state index < -0.39 is 0 Å². The van der Waals surface area contributed by atoms with E-state index in [0.29, 0.717) is 12.1 Å². The maximum atomic E-state index is 9.22. The number of aliphatic hydroxyl groups is 1. The highest BCUT2D eigenvalue weighted by Crippen LogP contribution is 2.16. The molecule has 0 bridgehead atoms. The summed E-state index contributed by atoms with van der Waals surface area (Å²) >= 11 is 1.70. The Morgan fingerprint density at radius 2 is 1.88 bits per heavy atom. The van der Waals surface area contributed by atoms with Crippen molar-refractivity contribution in [3.05, 3.63) is 35.9 Å². The molecule has 3 heteroatoms. The van der Waals surface area contributed by atoms with Crippen LogP contribution in [0, 0.1) is 0 Å². The summed E-state index contributed by atoms with van der Waals surface area (Å²) in [7, 11) is 0. The number of thioether (sulfide) groups is 1. The summed E-state index contributed by atoms with van der Waals surface area (Å²) in [4.78, 5) is 0. The Balaban J connectivity index is 2.54. The van der Waals surface area contributed by atoms with Crippen LogP contribution in [0.3, 0.4) is 0 Å². The molecule has 90 valence electrons. The van der Waals surface area contributed by atoms with Gasteiger partial charge in [0.1, 0.15) is 0 Å². The van der Waals surface area contributed by atoms with Gasteiger partial charge in [0.2, 0.25) is 0 Å². The van der Waals surface area contributed by atoms with E-state index >= 15 is 0 Å². The first-order chi connectivity index (χ1) is 7.69. The van der Waals surface area contributed by atoms with Crippen LogP contribution in [0.1, 0.15) is 25.5 Å². The Hall–Kier alpha value is -0.510. The monoisotopic (exact) mass is 239 g/mol. The third kappa shape index (κ3) is 3.81. The second-order valence-corrected chi connectivity index (χ2v) is 5.12. The van der Waals surface area contributed by atoms with E-state index in [1.807, 2.05) is 12.3 Å². The molecular weight excluding hydrogens is 218 g/mol. The number of nitrogens with one attached hydrogen (secondary N) is 1. The SMILES string of the molecule is CSC(CO)C(C)NC(C)c1ccccc1. The highest BCUT2D eigenvalue weighted by Gasteiger charge is 2.17. The van der Waals surface area contributed by atoms with Gasteiger partial charge in [0, 0.05) is 17.3 Å². The molecule has 1 aromatic rings. The van der Waals surface area contributed by atoms with E-state index in [0.717, 1.165) is 0 Å². The molecule has 0 aromatic heterocycles. The minimum absolute atomic E-state index is 0.219. The third-order valence-corrected chi connectivity index (χ3v) is 4.02. The van der Waals surface area contributed by atoms with Gasteiger partial charge in [-0.3, -0.25) is 0 Å². The summed E-state index contributed by atoms with van der Waals surface area (Å²) < 4.78 is 0. The predicted molar refractivity (Wildman–Crippen MR) is 71.8 cm³/mol. The normalized spacial score (nSPS) is 16.8. The second kappa shape index (κ2) is 6.94. The molecule has 1 rings (SSSR count). The number of aliphatic hydroxyl groups excluding tert-OH is 1. The van der Waals surface area contributed by atoms with Crippen LogP contribution >= 0.6 is 11.8 Å². The maximum absolute atomic E-state index is 9.22. The lowest BCUT2D eigenvalue weighted by Gasteiger charge is -2.25. The van der Waals surface area contributed by atoms with Crippen molar-refractivity contribution in [2.45, 2.75) is 31.2 Å². The Bertz CT molecular complexity index is 287. The van der Waals surface area contributed by atoms with Crippen molar-refractivity contribution in [3.8, 4) is 0 Å². The van der Waals surface area contributed by atoms with Crippen molar-refractivity contribution in [1.82, 2.24) is 5.32 Å². The number of hydrogen-bond donors (Lipinski definition) is 2. The molecule has 0 aliphatic heterocycles. The van der Waals surface area contributed by atoms with Gasteiger partial charge < -0.3 is 10.4 Å². The zero-order valence-electron chi connectivity index (χ0n) is 10.2. The minimum Gasteiger partial charge on any atom is -0.395 e. The first kappa shape index (κ1) is 13.6. The fourth-order valence-corrected chi connectivity index (χ4v) is 2.41. The van der Waals surface area contributed by atoms with Crippen LogP contribution in [0.25, 0.3) is 0 Å².